The molecular formula is C10H16N4O3. The Morgan fingerprint density at radius 3 is 2.82 bits per heavy atom. The second kappa shape index (κ2) is 4.33. The van der Waals surface area contributed by atoms with Gasteiger partial charge in [-0.2, -0.15) is 0 Å². The van der Waals surface area contributed by atoms with Gasteiger partial charge in [0.05, 0.1) is 6.54 Å². The van der Waals surface area contributed by atoms with Gasteiger partial charge in [0.15, 0.2) is 0 Å². The highest BCUT2D eigenvalue weighted by Crippen LogP contribution is 2.24. The lowest BCUT2D eigenvalue weighted by Gasteiger charge is -2.38. The van der Waals surface area contributed by atoms with Crippen LogP contribution in [0.15, 0.2) is 0 Å². The predicted molar refractivity (Wildman–Crippen MR) is 58.9 cm³/mol. The maximum absolute atomic E-state index is 11.7. The summed E-state index contributed by atoms with van der Waals surface area (Å²) >= 11 is 0. The normalized spacial score (nSPS) is 28.2. The first kappa shape index (κ1) is 11.8. The van der Waals surface area contributed by atoms with E-state index >= 15 is 0 Å². The summed E-state index contributed by atoms with van der Waals surface area (Å²) in [5, 5.41) is 4.84. The minimum atomic E-state index is -0.931. The third-order valence-corrected chi connectivity index (χ3v) is 3.22. The van der Waals surface area contributed by atoms with Crippen molar-refractivity contribution < 1.29 is 14.4 Å². The van der Waals surface area contributed by atoms with Crippen LogP contribution in [0.5, 0.6) is 0 Å². The number of nitrogens with two attached hydrogens (primary N) is 1. The van der Waals surface area contributed by atoms with Crippen molar-refractivity contribution in [2.45, 2.75) is 24.8 Å². The highest BCUT2D eigenvalue weighted by atomic mass is 16.2. The summed E-state index contributed by atoms with van der Waals surface area (Å²) in [6.07, 6.45) is 1.53. The quantitative estimate of drug-likeness (QED) is 0.513. The molecule has 1 spiro atoms. The molecule has 0 saturated carbocycles. The van der Waals surface area contributed by atoms with Crippen LogP contribution in [0.25, 0.3) is 0 Å². The van der Waals surface area contributed by atoms with Gasteiger partial charge in [-0.05, 0) is 12.8 Å². The van der Waals surface area contributed by atoms with E-state index in [1.807, 2.05) is 0 Å². The van der Waals surface area contributed by atoms with Gasteiger partial charge in [0.2, 0.25) is 5.91 Å². The number of nitrogens with zero attached hydrogens (tertiary/aromatic N) is 1. The Morgan fingerprint density at radius 2 is 2.24 bits per heavy atom. The van der Waals surface area contributed by atoms with Crippen LogP contribution in [-0.4, -0.2) is 47.9 Å². The van der Waals surface area contributed by atoms with Crippen LogP contribution in [-0.2, 0) is 9.59 Å². The van der Waals surface area contributed by atoms with Crippen LogP contribution >= 0.6 is 0 Å². The summed E-state index contributed by atoms with van der Waals surface area (Å²) in [5.41, 5.74) is 4.40. The van der Waals surface area contributed by atoms with Crippen molar-refractivity contribution >= 4 is 17.8 Å². The van der Waals surface area contributed by atoms with Crippen molar-refractivity contribution in [2.24, 2.45) is 5.73 Å². The van der Waals surface area contributed by atoms with Gasteiger partial charge in [-0.15, -0.1) is 0 Å². The molecule has 0 bridgehead atoms. The molecule has 4 N–H and O–H groups in total. The summed E-state index contributed by atoms with van der Waals surface area (Å²) in [5.74, 6) is -0.409. The highest BCUT2D eigenvalue weighted by molar-refractivity contribution is 6.07. The average molecular weight is 240 g/mol. The molecule has 0 radical (unpaired) electrons. The Hall–Kier alpha value is -1.63. The zero-order chi connectivity index (χ0) is 12.5. The van der Waals surface area contributed by atoms with Crippen LogP contribution in [0.4, 0.5) is 4.79 Å². The van der Waals surface area contributed by atoms with Crippen LogP contribution in [0.2, 0.25) is 0 Å². The van der Waals surface area contributed by atoms with Gasteiger partial charge in [-0.1, -0.05) is 0 Å². The van der Waals surface area contributed by atoms with E-state index in [1.54, 1.807) is 4.90 Å². The van der Waals surface area contributed by atoms with Gasteiger partial charge in [0.1, 0.15) is 5.54 Å². The molecule has 2 saturated heterocycles. The summed E-state index contributed by atoms with van der Waals surface area (Å²) in [6.45, 7) is 1.15. The Morgan fingerprint density at radius 1 is 1.47 bits per heavy atom. The van der Waals surface area contributed by atoms with E-state index < -0.39 is 11.6 Å². The van der Waals surface area contributed by atoms with E-state index in [1.165, 1.54) is 0 Å². The number of imide groups is 1. The van der Waals surface area contributed by atoms with Gasteiger partial charge >= 0.3 is 6.03 Å². The molecule has 1 unspecified atom stereocenters. The molecule has 2 rings (SSSR count). The Labute approximate surface area is 98.7 Å². The topological polar surface area (TPSA) is 105 Å². The predicted octanol–water partition coefficient (Wildman–Crippen LogP) is -1.46. The number of amides is 4. The molecule has 7 heteroatoms. The minimum absolute atomic E-state index is 0.0690. The third-order valence-electron chi connectivity index (χ3n) is 3.22. The first-order chi connectivity index (χ1) is 8.07. The van der Waals surface area contributed by atoms with E-state index in [0.717, 1.165) is 0 Å². The fourth-order valence-electron chi connectivity index (χ4n) is 2.37. The molecule has 2 fully saturated rings. The number of urea groups is 1. The largest absolute Gasteiger partial charge is 0.340 e. The lowest BCUT2D eigenvalue weighted by Crippen LogP contribution is -2.59. The number of rotatable bonds is 2. The molecule has 94 valence electrons. The van der Waals surface area contributed by atoms with Gasteiger partial charge in [0.25, 0.3) is 5.91 Å². The minimum Gasteiger partial charge on any atom is -0.340 e. The van der Waals surface area contributed by atoms with E-state index in [-0.39, 0.29) is 24.8 Å². The van der Waals surface area contributed by atoms with E-state index in [4.69, 9.17) is 5.73 Å². The molecular weight excluding hydrogens is 224 g/mol. The smallest absolute Gasteiger partial charge is 0.322 e. The lowest BCUT2D eigenvalue weighted by molar-refractivity contribution is -0.136. The van der Waals surface area contributed by atoms with Crippen molar-refractivity contribution in [3.8, 4) is 0 Å². The fraction of sp³-hybridized carbons (Fsp3) is 0.700. The third kappa shape index (κ3) is 2.10. The lowest BCUT2D eigenvalue weighted by atomic mass is 9.89. The maximum Gasteiger partial charge on any atom is 0.322 e. The molecule has 2 aliphatic heterocycles. The summed E-state index contributed by atoms with van der Waals surface area (Å²) in [7, 11) is 0. The van der Waals surface area contributed by atoms with Crippen molar-refractivity contribution in [1.82, 2.24) is 15.5 Å². The Kier molecular flexibility index (Phi) is 3.01. The number of hydrogen-bond donors (Lipinski definition) is 3. The van der Waals surface area contributed by atoms with E-state index in [0.29, 0.717) is 25.9 Å². The molecule has 17 heavy (non-hydrogen) atoms. The zero-order valence-electron chi connectivity index (χ0n) is 9.49. The first-order valence-corrected chi connectivity index (χ1v) is 5.69. The second-order valence-electron chi connectivity index (χ2n) is 4.45. The molecule has 0 aromatic carbocycles. The monoisotopic (exact) mass is 240 g/mol. The zero-order valence-corrected chi connectivity index (χ0v) is 9.49. The number of carbonyl (C=O) groups excluding carboxylic acids is 3. The molecule has 0 aliphatic carbocycles. The summed E-state index contributed by atoms with van der Waals surface area (Å²) in [4.78, 5) is 36.2. The fourth-order valence-corrected chi connectivity index (χ4v) is 2.37. The molecule has 2 aliphatic rings. The van der Waals surface area contributed by atoms with Gasteiger partial charge in [-0.25, -0.2) is 4.79 Å². The second-order valence-corrected chi connectivity index (χ2v) is 4.45. The van der Waals surface area contributed by atoms with Crippen molar-refractivity contribution in [3.05, 3.63) is 0 Å². The maximum atomic E-state index is 11.7. The number of piperidine rings is 1. The van der Waals surface area contributed by atoms with Crippen LogP contribution in [0, 0.1) is 0 Å². The standard InChI is InChI=1S/C10H16N4O3/c11-4-2-7(15)14-5-1-3-10(6-14)8(16)12-9(17)13-10/h1-6,11H2,(H2,12,13,16,17). The molecule has 1 atom stereocenters. The van der Waals surface area contributed by atoms with E-state index in [9.17, 15) is 14.4 Å². The van der Waals surface area contributed by atoms with E-state index in [2.05, 4.69) is 10.6 Å². The van der Waals surface area contributed by atoms with Crippen LogP contribution in [0.1, 0.15) is 19.3 Å². The molecule has 4 amide bonds. The Balaban J connectivity index is 2.09. The molecule has 0 aromatic rings. The highest BCUT2D eigenvalue weighted by Gasteiger charge is 2.49. The van der Waals surface area contributed by atoms with Crippen molar-refractivity contribution in [3.63, 3.8) is 0 Å². The van der Waals surface area contributed by atoms with Crippen LogP contribution < -0.4 is 16.4 Å². The summed E-state index contributed by atoms with van der Waals surface area (Å²) in [6, 6.07) is -0.483. The molecule has 2 heterocycles. The first-order valence-electron chi connectivity index (χ1n) is 5.69. The van der Waals surface area contributed by atoms with Crippen molar-refractivity contribution in [1.29, 1.82) is 0 Å². The number of nitrogens with one attached hydrogen (secondary N) is 2. The number of carbonyl (C=O) groups is 3. The molecule has 7 nitrogen and oxygen atoms in total. The van der Waals surface area contributed by atoms with Gasteiger partial charge in [-0.3, -0.25) is 14.9 Å². The van der Waals surface area contributed by atoms with Crippen molar-refractivity contribution in [2.75, 3.05) is 19.6 Å². The van der Waals surface area contributed by atoms with Gasteiger partial charge in [0, 0.05) is 19.5 Å². The Bertz CT molecular complexity index is 371. The number of hydrogen-bond acceptors (Lipinski definition) is 4. The molecule has 0 aromatic heterocycles. The van der Waals surface area contributed by atoms with Gasteiger partial charge < -0.3 is 16.0 Å². The SMILES string of the molecule is NCCC(=O)N1CCCC2(C1)NC(=O)NC2=O. The number of likely N-dealkylation sites (tertiary alicyclic amines) is 1. The summed E-state index contributed by atoms with van der Waals surface area (Å²) < 4.78 is 0. The van der Waals surface area contributed by atoms with Crippen LogP contribution in [0.3, 0.4) is 0 Å². The average Bonchev–Trinajstić information content (AvgIpc) is 2.54.